The molecule has 0 aliphatic rings. The third-order valence-electron chi connectivity index (χ3n) is 3.54. The third kappa shape index (κ3) is 4.11. The van der Waals surface area contributed by atoms with E-state index in [0.717, 1.165) is 16.9 Å². The number of aryl methyl sites for hydroxylation is 1. The lowest BCUT2D eigenvalue weighted by Crippen LogP contribution is -2.14. The molecule has 0 atom stereocenters. The van der Waals surface area contributed by atoms with E-state index in [0.29, 0.717) is 11.6 Å². The van der Waals surface area contributed by atoms with Gasteiger partial charge in [-0.25, -0.2) is 0 Å². The van der Waals surface area contributed by atoms with Crippen LogP contribution in [0.2, 0.25) is 0 Å². The van der Waals surface area contributed by atoms with Gasteiger partial charge in [0.2, 0.25) is 0 Å². The zero-order valence-corrected chi connectivity index (χ0v) is 14.0. The Bertz CT molecular complexity index is 879. The van der Waals surface area contributed by atoms with Crippen LogP contribution < -0.4 is 15.4 Å². The molecule has 0 unspecified atom stereocenters. The second-order valence-corrected chi connectivity index (χ2v) is 5.45. The van der Waals surface area contributed by atoms with Gasteiger partial charge in [0.15, 0.2) is 11.5 Å². The molecule has 126 valence electrons. The van der Waals surface area contributed by atoms with Crippen LogP contribution in [0, 0.1) is 6.92 Å². The molecule has 25 heavy (non-hydrogen) atoms. The highest BCUT2D eigenvalue weighted by Crippen LogP contribution is 2.25. The molecule has 3 rings (SSSR count). The first kappa shape index (κ1) is 16.4. The summed E-state index contributed by atoms with van der Waals surface area (Å²) in [7, 11) is 1.60. The SMILES string of the molecule is COc1ccccc1Nc1ccc(C(=O)Nc2cccc(C)c2)nn1. The Labute approximate surface area is 145 Å². The average Bonchev–Trinajstić information content (AvgIpc) is 2.63. The first-order valence-electron chi connectivity index (χ1n) is 7.77. The van der Waals surface area contributed by atoms with Crippen LogP contribution in [0.3, 0.4) is 0 Å². The summed E-state index contributed by atoms with van der Waals surface area (Å²) in [4.78, 5) is 12.2. The van der Waals surface area contributed by atoms with Gasteiger partial charge in [0, 0.05) is 5.69 Å². The number of carbonyl (C=O) groups excluding carboxylic acids is 1. The summed E-state index contributed by atoms with van der Waals surface area (Å²) in [6, 6.07) is 18.4. The molecule has 2 N–H and O–H groups in total. The molecular weight excluding hydrogens is 316 g/mol. The predicted octanol–water partition coefficient (Wildman–Crippen LogP) is 3.79. The Morgan fingerprint density at radius 1 is 1.00 bits per heavy atom. The minimum atomic E-state index is -0.304. The summed E-state index contributed by atoms with van der Waals surface area (Å²) >= 11 is 0. The lowest BCUT2D eigenvalue weighted by Gasteiger charge is -2.10. The number of aromatic nitrogens is 2. The highest BCUT2D eigenvalue weighted by Gasteiger charge is 2.09. The molecule has 0 saturated heterocycles. The van der Waals surface area contributed by atoms with Crippen LogP contribution in [0.25, 0.3) is 0 Å². The van der Waals surface area contributed by atoms with E-state index in [-0.39, 0.29) is 11.6 Å². The number of rotatable bonds is 5. The molecular formula is C19H18N4O2. The Balaban J connectivity index is 1.70. The van der Waals surface area contributed by atoms with Crippen molar-refractivity contribution in [1.82, 2.24) is 10.2 Å². The van der Waals surface area contributed by atoms with E-state index in [1.54, 1.807) is 19.2 Å². The van der Waals surface area contributed by atoms with Gasteiger partial charge in [-0.05, 0) is 48.9 Å². The van der Waals surface area contributed by atoms with E-state index in [2.05, 4.69) is 20.8 Å². The monoisotopic (exact) mass is 334 g/mol. The Morgan fingerprint density at radius 2 is 1.84 bits per heavy atom. The number of benzene rings is 2. The molecule has 0 spiro atoms. The van der Waals surface area contributed by atoms with Crippen molar-refractivity contribution in [2.75, 3.05) is 17.7 Å². The van der Waals surface area contributed by atoms with Crippen molar-refractivity contribution in [3.63, 3.8) is 0 Å². The first-order valence-corrected chi connectivity index (χ1v) is 7.77. The minimum Gasteiger partial charge on any atom is -0.495 e. The lowest BCUT2D eigenvalue weighted by molar-refractivity contribution is 0.102. The zero-order valence-electron chi connectivity index (χ0n) is 14.0. The highest BCUT2D eigenvalue weighted by atomic mass is 16.5. The zero-order chi connectivity index (χ0) is 17.6. The molecule has 0 bridgehead atoms. The van der Waals surface area contributed by atoms with Gasteiger partial charge in [-0.15, -0.1) is 10.2 Å². The average molecular weight is 334 g/mol. The number of amides is 1. The smallest absolute Gasteiger partial charge is 0.276 e. The molecule has 2 aromatic carbocycles. The second-order valence-electron chi connectivity index (χ2n) is 5.45. The summed E-state index contributed by atoms with van der Waals surface area (Å²) in [6.07, 6.45) is 0. The quantitative estimate of drug-likeness (QED) is 0.742. The van der Waals surface area contributed by atoms with Crippen molar-refractivity contribution >= 4 is 23.1 Å². The fourth-order valence-electron chi connectivity index (χ4n) is 2.32. The summed E-state index contributed by atoms with van der Waals surface area (Å²) in [5.74, 6) is 0.920. The van der Waals surface area contributed by atoms with Crippen LogP contribution in [0.4, 0.5) is 17.2 Å². The lowest BCUT2D eigenvalue weighted by atomic mass is 10.2. The van der Waals surface area contributed by atoms with Gasteiger partial charge in [0.05, 0.1) is 12.8 Å². The number of nitrogens with one attached hydrogen (secondary N) is 2. The number of hydrogen-bond acceptors (Lipinski definition) is 5. The highest BCUT2D eigenvalue weighted by molar-refractivity contribution is 6.02. The number of carbonyl (C=O) groups is 1. The fourth-order valence-corrected chi connectivity index (χ4v) is 2.32. The molecule has 0 fully saturated rings. The van der Waals surface area contributed by atoms with E-state index < -0.39 is 0 Å². The summed E-state index contributed by atoms with van der Waals surface area (Å²) < 4.78 is 5.28. The van der Waals surface area contributed by atoms with Gasteiger partial charge >= 0.3 is 0 Å². The van der Waals surface area contributed by atoms with E-state index >= 15 is 0 Å². The van der Waals surface area contributed by atoms with E-state index in [4.69, 9.17) is 4.74 Å². The number of anilines is 3. The van der Waals surface area contributed by atoms with Gasteiger partial charge < -0.3 is 15.4 Å². The molecule has 6 nitrogen and oxygen atoms in total. The maximum absolute atomic E-state index is 12.2. The van der Waals surface area contributed by atoms with Crippen molar-refractivity contribution in [1.29, 1.82) is 0 Å². The normalized spacial score (nSPS) is 10.2. The van der Waals surface area contributed by atoms with Gasteiger partial charge in [-0.1, -0.05) is 24.3 Å². The molecule has 0 aliphatic heterocycles. The Kier molecular flexibility index (Phi) is 4.89. The van der Waals surface area contributed by atoms with E-state index in [9.17, 15) is 4.79 Å². The van der Waals surface area contributed by atoms with Gasteiger partial charge in [-0.2, -0.15) is 0 Å². The predicted molar refractivity (Wildman–Crippen MR) is 97.4 cm³/mol. The number of methoxy groups -OCH3 is 1. The van der Waals surface area contributed by atoms with Crippen molar-refractivity contribution in [2.45, 2.75) is 6.92 Å². The molecule has 1 amide bonds. The van der Waals surface area contributed by atoms with Crippen molar-refractivity contribution in [3.8, 4) is 5.75 Å². The third-order valence-corrected chi connectivity index (χ3v) is 3.54. The largest absolute Gasteiger partial charge is 0.495 e. The minimum absolute atomic E-state index is 0.243. The van der Waals surface area contributed by atoms with Gasteiger partial charge in [0.1, 0.15) is 5.75 Å². The van der Waals surface area contributed by atoms with Crippen LogP contribution in [0.1, 0.15) is 16.1 Å². The maximum Gasteiger partial charge on any atom is 0.276 e. The molecule has 3 aromatic rings. The molecule has 1 aromatic heterocycles. The second kappa shape index (κ2) is 7.44. The summed E-state index contributed by atoms with van der Waals surface area (Å²) in [5, 5.41) is 14.0. The van der Waals surface area contributed by atoms with Crippen molar-refractivity contribution in [2.24, 2.45) is 0 Å². The molecule has 0 radical (unpaired) electrons. The number of nitrogens with zero attached hydrogens (tertiary/aromatic N) is 2. The number of ether oxygens (including phenoxy) is 1. The standard InChI is InChI=1S/C19H18N4O2/c1-13-6-5-7-14(12-13)20-19(24)16-10-11-18(23-22-16)21-15-8-3-4-9-17(15)25-2/h3-12H,1-2H3,(H,20,24)(H,21,23). The molecule has 0 saturated carbocycles. The summed E-state index contributed by atoms with van der Waals surface area (Å²) in [6.45, 7) is 1.97. The van der Waals surface area contributed by atoms with Crippen molar-refractivity contribution < 1.29 is 9.53 Å². The fraction of sp³-hybridized carbons (Fsp3) is 0.105. The summed E-state index contributed by atoms with van der Waals surface area (Å²) in [5.41, 5.74) is 2.81. The number of hydrogen-bond donors (Lipinski definition) is 2. The molecule has 1 heterocycles. The Hall–Kier alpha value is -3.41. The van der Waals surface area contributed by atoms with Crippen LogP contribution in [-0.4, -0.2) is 23.2 Å². The van der Waals surface area contributed by atoms with Crippen LogP contribution >= 0.6 is 0 Å². The van der Waals surface area contributed by atoms with Crippen LogP contribution in [0.5, 0.6) is 5.75 Å². The van der Waals surface area contributed by atoms with Crippen molar-refractivity contribution in [3.05, 3.63) is 71.9 Å². The van der Waals surface area contributed by atoms with Crippen LogP contribution in [-0.2, 0) is 0 Å². The van der Waals surface area contributed by atoms with E-state index in [1.807, 2.05) is 55.5 Å². The Morgan fingerprint density at radius 3 is 2.56 bits per heavy atom. The van der Waals surface area contributed by atoms with Crippen LogP contribution in [0.15, 0.2) is 60.7 Å². The van der Waals surface area contributed by atoms with E-state index in [1.165, 1.54) is 0 Å². The number of para-hydroxylation sites is 2. The maximum atomic E-state index is 12.2. The molecule has 6 heteroatoms. The topological polar surface area (TPSA) is 76.1 Å². The molecule has 0 aliphatic carbocycles. The van der Waals surface area contributed by atoms with Gasteiger partial charge in [0.25, 0.3) is 5.91 Å². The first-order chi connectivity index (χ1) is 12.2. The van der Waals surface area contributed by atoms with Gasteiger partial charge in [-0.3, -0.25) is 4.79 Å².